The first-order valence-corrected chi connectivity index (χ1v) is 5.97. The number of aliphatic hydroxyl groups excluding tert-OH is 1. The van der Waals surface area contributed by atoms with Crippen LogP contribution in [0.2, 0.25) is 5.02 Å². The lowest BCUT2D eigenvalue weighted by Gasteiger charge is -2.08. The second kappa shape index (κ2) is 3.51. The van der Waals surface area contributed by atoms with E-state index in [-0.39, 0.29) is 5.41 Å². The van der Waals surface area contributed by atoms with Crippen LogP contribution in [0, 0.1) is 5.41 Å². The maximum Gasteiger partial charge on any atom is 0.0491 e. The molecule has 0 amide bonds. The van der Waals surface area contributed by atoms with E-state index in [2.05, 4.69) is 11.1 Å². The number of aromatic amines is 1. The smallest absolute Gasteiger partial charge is 0.0491 e. The standard InChI is InChI=1S/C13H14ClNO/c14-10-1-2-12-9(5-10)6-11(15-12)7-13(8-16)3-4-13/h1-2,5-6,15-16H,3-4,7-8H2. The molecular formula is C13H14ClNO. The second-order valence-electron chi connectivity index (χ2n) is 4.86. The Morgan fingerprint density at radius 3 is 2.81 bits per heavy atom. The summed E-state index contributed by atoms with van der Waals surface area (Å²) in [5, 5.41) is 11.2. The molecule has 2 N–H and O–H groups in total. The largest absolute Gasteiger partial charge is 0.396 e. The highest BCUT2D eigenvalue weighted by Crippen LogP contribution is 2.47. The Kier molecular flexibility index (Phi) is 2.23. The maximum absolute atomic E-state index is 9.30. The van der Waals surface area contributed by atoms with Gasteiger partial charge in [0.1, 0.15) is 0 Å². The summed E-state index contributed by atoms with van der Waals surface area (Å²) >= 11 is 5.95. The Labute approximate surface area is 99.2 Å². The first-order chi connectivity index (χ1) is 7.71. The highest BCUT2D eigenvalue weighted by Gasteiger charge is 2.42. The van der Waals surface area contributed by atoms with Gasteiger partial charge in [0.2, 0.25) is 0 Å². The molecule has 84 valence electrons. The third kappa shape index (κ3) is 1.72. The van der Waals surface area contributed by atoms with E-state index in [1.54, 1.807) is 0 Å². The van der Waals surface area contributed by atoms with Gasteiger partial charge < -0.3 is 10.1 Å². The first-order valence-electron chi connectivity index (χ1n) is 5.59. The molecule has 0 aliphatic heterocycles. The lowest BCUT2D eigenvalue weighted by atomic mass is 10.0. The number of fused-ring (bicyclic) bond motifs is 1. The highest BCUT2D eigenvalue weighted by atomic mass is 35.5. The number of halogens is 1. The predicted molar refractivity (Wildman–Crippen MR) is 65.8 cm³/mol. The monoisotopic (exact) mass is 235 g/mol. The topological polar surface area (TPSA) is 36.0 Å². The van der Waals surface area contributed by atoms with Crippen molar-refractivity contribution in [3.8, 4) is 0 Å². The number of H-pyrrole nitrogens is 1. The summed E-state index contributed by atoms with van der Waals surface area (Å²) in [7, 11) is 0. The zero-order valence-electron chi connectivity index (χ0n) is 8.96. The Morgan fingerprint density at radius 2 is 2.12 bits per heavy atom. The van der Waals surface area contributed by atoms with E-state index in [9.17, 15) is 5.11 Å². The summed E-state index contributed by atoms with van der Waals surface area (Å²) in [6, 6.07) is 8.00. The minimum atomic E-state index is 0.157. The average Bonchev–Trinajstić information content (AvgIpc) is 2.92. The van der Waals surface area contributed by atoms with Crippen LogP contribution in [-0.2, 0) is 6.42 Å². The number of rotatable bonds is 3. The number of hydrogen-bond acceptors (Lipinski definition) is 1. The Bertz CT molecular complexity index is 528. The van der Waals surface area contributed by atoms with Crippen LogP contribution in [0.4, 0.5) is 0 Å². The lowest BCUT2D eigenvalue weighted by Crippen LogP contribution is -2.10. The predicted octanol–water partition coefficient (Wildman–Crippen LogP) is 3.14. The molecular weight excluding hydrogens is 222 g/mol. The van der Waals surface area contributed by atoms with Crippen molar-refractivity contribution in [3.05, 3.63) is 35.0 Å². The van der Waals surface area contributed by atoms with Gasteiger partial charge in [0, 0.05) is 28.2 Å². The van der Waals surface area contributed by atoms with Gasteiger partial charge in [-0.3, -0.25) is 0 Å². The summed E-state index contributed by atoms with van der Waals surface area (Å²) < 4.78 is 0. The molecule has 0 spiro atoms. The van der Waals surface area contributed by atoms with Gasteiger partial charge in [0.25, 0.3) is 0 Å². The Hall–Kier alpha value is -0.990. The van der Waals surface area contributed by atoms with Crippen molar-refractivity contribution < 1.29 is 5.11 Å². The molecule has 0 bridgehead atoms. The molecule has 3 rings (SSSR count). The molecule has 1 heterocycles. The fourth-order valence-corrected chi connectivity index (χ4v) is 2.41. The fraction of sp³-hybridized carbons (Fsp3) is 0.385. The van der Waals surface area contributed by atoms with Crippen molar-refractivity contribution in [1.29, 1.82) is 0 Å². The fourth-order valence-electron chi connectivity index (χ4n) is 2.23. The molecule has 1 aliphatic carbocycles. The maximum atomic E-state index is 9.30. The lowest BCUT2D eigenvalue weighted by molar-refractivity contribution is 0.210. The van der Waals surface area contributed by atoms with E-state index < -0.39 is 0 Å². The van der Waals surface area contributed by atoms with E-state index in [0.717, 1.165) is 35.2 Å². The van der Waals surface area contributed by atoms with Gasteiger partial charge in [-0.05, 0) is 48.9 Å². The van der Waals surface area contributed by atoms with Gasteiger partial charge in [-0.15, -0.1) is 0 Å². The third-order valence-corrected chi connectivity index (χ3v) is 3.73. The van der Waals surface area contributed by atoms with Crippen LogP contribution < -0.4 is 0 Å². The molecule has 1 aliphatic rings. The van der Waals surface area contributed by atoms with Crippen LogP contribution in [0.3, 0.4) is 0 Å². The van der Waals surface area contributed by atoms with Gasteiger partial charge in [0.15, 0.2) is 0 Å². The average molecular weight is 236 g/mol. The summed E-state index contributed by atoms with van der Waals surface area (Å²) in [6.45, 7) is 0.295. The molecule has 0 saturated heterocycles. The van der Waals surface area contributed by atoms with Crippen LogP contribution in [-0.4, -0.2) is 16.7 Å². The minimum absolute atomic E-state index is 0.157. The quantitative estimate of drug-likeness (QED) is 0.843. The zero-order valence-corrected chi connectivity index (χ0v) is 9.72. The minimum Gasteiger partial charge on any atom is -0.396 e. The number of hydrogen-bond donors (Lipinski definition) is 2. The van der Waals surface area contributed by atoms with Crippen LogP contribution in [0.15, 0.2) is 24.3 Å². The van der Waals surface area contributed by atoms with Crippen LogP contribution >= 0.6 is 11.6 Å². The molecule has 1 fully saturated rings. The van der Waals surface area contributed by atoms with Crippen molar-refractivity contribution in [2.75, 3.05) is 6.61 Å². The van der Waals surface area contributed by atoms with Gasteiger partial charge in [-0.2, -0.15) is 0 Å². The molecule has 1 saturated carbocycles. The van der Waals surface area contributed by atoms with Gasteiger partial charge >= 0.3 is 0 Å². The molecule has 0 atom stereocenters. The first kappa shape index (κ1) is 10.2. The molecule has 3 heteroatoms. The molecule has 0 unspecified atom stereocenters. The van der Waals surface area contributed by atoms with E-state index in [1.807, 2.05) is 18.2 Å². The molecule has 1 aromatic heterocycles. The molecule has 16 heavy (non-hydrogen) atoms. The van der Waals surface area contributed by atoms with E-state index >= 15 is 0 Å². The summed E-state index contributed by atoms with van der Waals surface area (Å²) in [5.41, 5.74) is 2.47. The molecule has 2 aromatic rings. The number of aromatic nitrogens is 1. The number of nitrogens with one attached hydrogen (secondary N) is 1. The van der Waals surface area contributed by atoms with Crippen molar-refractivity contribution in [3.63, 3.8) is 0 Å². The normalized spacial score (nSPS) is 17.9. The summed E-state index contributed by atoms with van der Waals surface area (Å²) in [4.78, 5) is 3.38. The van der Waals surface area contributed by atoms with Gasteiger partial charge in [0.05, 0.1) is 0 Å². The van der Waals surface area contributed by atoms with Gasteiger partial charge in [-0.25, -0.2) is 0 Å². The SMILES string of the molecule is OCC1(Cc2cc3cc(Cl)ccc3[nH]2)CC1. The number of aliphatic hydroxyl groups is 1. The Balaban J connectivity index is 1.93. The summed E-state index contributed by atoms with van der Waals surface area (Å²) in [5.74, 6) is 0. The van der Waals surface area contributed by atoms with Crippen LogP contribution in [0.1, 0.15) is 18.5 Å². The van der Waals surface area contributed by atoms with Crippen LogP contribution in [0.25, 0.3) is 10.9 Å². The third-order valence-electron chi connectivity index (χ3n) is 3.50. The van der Waals surface area contributed by atoms with Crippen molar-refractivity contribution >= 4 is 22.5 Å². The van der Waals surface area contributed by atoms with E-state index in [1.165, 1.54) is 5.69 Å². The summed E-state index contributed by atoms with van der Waals surface area (Å²) in [6.07, 6.45) is 3.22. The van der Waals surface area contributed by atoms with Crippen molar-refractivity contribution in [1.82, 2.24) is 4.98 Å². The van der Waals surface area contributed by atoms with Crippen molar-refractivity contribution in [2.24, 2.45) is 5.41 Å². The second-order valence-corrected chi connectivity index (χ2v) is 5.30. The molecule has 1 aromatic carbocycles. The highest BCUT2D eigenvalue weighted by molar-refractivity contribution is 6.31. The molecule has 2 nitrogen and oxygen atoms in total. The number of benzene rings is 1. The van der Waals surface area contributed by atoms with Crippen LogP contribution in [0.5, 0.6) is 0 Å². The van der Waals surface area contributed by atoms with E-state index in [4.69, 9.17) is 11.6 Å². The van der Waals surface area contributed by atoms with Gasteiger partial charge in [-0.1, -0.05) is 11.6 Å². The molecule has 0 radical (unpaired) electrons. The van der Waals surface area contributed by atoms with E-state index in [0.29, 0.717) is 6.61 Å². The zero-order chi connectivity index (χ0) is 11.2. The van der Waals surface area contributed by atoms with Crippen molar-refractivity contribution in [2.45, 2.75) is 19.3 Å². The Morgan fingerprint density at radius 1 is 1.31 bits per heavy atom.